The molecule has 0 saturated carbocycles. The van der Waals surface area contributed by atoms with Gasteiger partial charge in [0.25, 0.3) is 10.0 Å². The number of hydrogen-bond acceptors (Lipinski definition) is 6. The van der Waals surface area contributed by atoms with Gasteiger partial charge in [-0.3, -0.25) is 9.52 Å². The summed E-state index contributed by atoms with van der Waals surface area (Å²) in [6.07, 6.45) is 0. The average Bonchev–Trinajstić information content (AvgIpc) is 2.40. The predicted molar refractivity (Wildman–Crippen MR) is 77.2 cm³/mol. The number of rotatable bonds is 4. The Bertz CT molecular complexity index is 792. The molecule has 1 heterocycles. The molecule has 1 amide bonds. The largest absolute Gasteiger partial charge is 0.398 e. The molecule has 0 fully saturated rings. The molecule has 5 N–H and O–H groups in total. The number of aromatic nitrogens is 2. The Morgan fingerprint density at radius 3 is 2.43 bits per heavy atom. The zero-order valence-corrected chi connectivity index (χ0v) is 12.0. The van der Waals surface area contributed by atoms with Gasteiger partial charge in [-0.25, -0.2) is 8.42 Å². The van der Waals surface area contributed by atoms with E-state index in [9.17, 15) is 13.2 Å². The Balaban J connectivity index is 2.35. The molecule has 0 atom stereocenters. The lowest BCUT2D eigenvalue weighted by molar-refractivity contribution is 0.1000. The second-order valence-electron chi connectivity index (χ2n) is 3.96. The molecule has 0 saturated heterocycles. The fourth-order valence-corrected chi connectivity index (χ4v) is 2.72. The van der Waals surface area contributed by atoms with Crippen LogP contribution in [-0.4, -0.2) is 24.5 Å². The number of nitrogens with zero attached hydrogens (tertiary/aromatic N) is 2. The van der Waals surface area contributed by atoms with Crippen molar-refractivity contribution >= 4 is 39.0 Å². The number of nitrogen functional groups attached to an aromatic ring is 1. The molecule has 8 nitrogen and oxygen atoms in total. The standard InChI is InChI=1S/C11H10ClN5O3S/c12-9-3-4-10(16-15-9)17-21(19,20)8-2-1-6(11(14)18)5-7(8)13/h1-5H,13H2,(H2,14,18)(H,16,17). The van der Waals surface area contributed by atoms with Crippen molar-refractivity contribution in [3.8, 4) is 0 Å². The van der Waals surface area contributed by atoms with Gasteiger partial charge in [-0.2, -0.15) is 0 Å². The van der Waals surface area contributed by atoms with Crippen LogP contribution in [0.3, 0.4) is 0 Å². The third-order valence-corrected chi connectivity index (χ3v) is 4.09. The van der Waals surface area contributed by atoms with E-state index in [1.54, 1.807) is 0 Å². The van der Waals surface area contributed by atoms with Gasteiger partial charge >= 0.3 is 0 Å². The van der Waals surface area contributed by atoms with Gasteiger partial charge in [0, 0.05) is 5.56 Å². The summed E-state index contributed by atoms with van der Waals surface area (Å²) in [5, 5.41) is 7.22. The first kappa shape index (κ1) is 15.0. The molecule has 1 aromatic carbocycles. The van der Waals surface area contributed by atoms with Crippen LogP contribution in [0.15, 0.2) is 35.2 Å². The maximum atomic E-state index is 12.2. The first-order chi connectivity index (χ1) is 9.79. The molecule has 10 heteroatoms. The summed E-state index contributed by atoms with van der Waals surface area (Å²) in [6.45, 7) is 0. The van der Waals surface area contributed by atoms with Gasteiger partial charge in [0.15, 0.2) is 11.0 Å². The number of nitrogens with one attached hydrogen (secondary N) is 1. The van der Waals surface area contributed by atoms with Crippen LogP contribution in [0.25, 0.3) is 0 Å². The number of anilines is 2. The molecule has 0 radical (unpaired) electrons. The van der Waals surface area contributed by atoms with E-state index in [1.807, 2.05) is 0 Å². The lowest BCUT2D eigenvalue weighted by Crippen LogP contribution is -2.17. The molecular weight excluding hydrogens is 318 g/mol. The van der Waals surface area contributed by atoms with Gasteiger partial charge in [-0.15, -0.1) is 10.2 Å². The number of nitrogens with two attached hydrogens (primary N) is 2. The summed E-state index contributed by atoms with van der Waals surface area (Å²) in [7, 11) is -3.97. The summed E-state index contributed by atoms with van der Waals surface area (Å²) in [5.74, 6) is -0.722. The van der Waals surface area contributed by atoms with E-state index in [1.165, 1.54) is 30.3 Å². The number of primary amides is 1. The highest BCUT2D eigenvalue weighted by molar-refractivity contribution is 7.92. The molecule has 1 aromatic heterocycles. The topological polar surface area (TPSA) is 141 Å². The summed E-state index contributed by atoms with van der Waals surface area (Å²) in [4.78, 5) is 10.8. The van der Waals surface area contributed by atoms with Crippen molar-refractivity contribution in [3.05, 3.63) is 41.0 Å². The molecule has 0 aliphatic rings. The lowest BCUT2D eigenvalue weighted by atomic mass is 10.2. The minimum absolute atomic E-state index is 0.0159. The number of carbonyl (C=O) groups excluding carboxylic acids is 1. The number of halogens is 1. The maximum absolute atomic E-state index is 12.2. The third-order valence-electron chi connectivity index (χ3n) is 2.45. The zero-order chi connectivity index (χ0) is 15.6. The first-order valence-corrected chi connectivity index (χ1v) is 7.37. The SMILES string of the molecule is NC(=O)c1ccc(S(=O)(=O)Nc2ccc(Cl)nn2)c(N)c1. The van der Waals surface area contributed by atoms with Crippen molar-refractivity contribution in [2.45, 2.75) is 4.90 Å². The van der Waals surface area contributed by atoms with Crippen molar-refractivity contribution < 1.29 is 13.2 Å². The zero-order valence-electron chi connectivity index (χ0n) is 10.4. The van der Waals surface area contributed by atoms with E-state index in [0.29, 0.717) is 0 Å². The van der Waals surface area contributed by atoms with Crippen LogP contribution in [0.5, 0.6) is 0 Å². The van der Waals surface area contributed by atoms with E-state index < -0.39 is 15.9 Å². The molecule has 0 spiro atoms. The van der Waals surface area contributed by atoms with Crippen LogP contribution >= 0.6 is 11.6 Å². The fraction of sp³-hybridized carbons (Fsp3) is 0. The van der Waals surface area contributed by atoms with E-state index in [-0.39, 0.29) is 27.1 Å². The highest BCUT2D eigenvalue weighted by Crippen LogP contribution is 2.22. The molecule has 21 heavy (non-hydrogen) atoms. The number of benzene rings is 1. The molecule has 0 aliphatic carbocycles. The average molecular weight is 328 g/mol. The Kier molecular flexibility index (Phi) is 3.96. The maximum Gasteiger partial charge on any atom is 0.265 e. The lowest BCUT2D eigenvalue weighted by Gasteiger charge is -2.09. The Labute approximate surface area is 125 Å². The van der Waals surface area contributed by atoms with Gasteiger partial charge in [0.2, 0.25) is 5.91 Å². The van der Waals surface area contributed by atoms with E-state index in [2.05, 4.69) is 14.9 Å². The van der Waals surface area contributed by atoms with Crippen molar-refractivity contribution in [2.24, 2.45) is 5.73 Å². The molecular formula is C11H10ClN5O3S. The Morgan fingerprint density at radius 2 is 1.90 bits per heavy atom. The molecule has 0 aliphatic heterocycles. The van der Waals surface area contributed by atoms with Gasteiger partial charge in [0.05, 0.1) is 5.69 Å². The van der Waals surface area contributed by atoms with Crippen LogP contribution in [-0.2, 0) is 10.0 Å². The Morgan fingerprint density at radius 1 is 1.19 bits per heavy atom. The molecule has 110 valence electrons. The second kappa shape index (κ2) is 5.54. The van der Waals surface area contributed by atoms with Crippen LogP contribution in [0.4, 0.5) is 11.5 Å². The molecule has 0 unspecified atom stereocenters. The summed E-state index contributed by atoms with van der Waals surface area (Å²) in [6, 6.07) is 6.36. The minimum Gasteiger partial charge on any atom is -0.398 e. The molecule has 2 rings (SSSR count). The van der Waals surface area contributed by atoms with Crippen molar-refractivity contribution in [2.75, 3.05) is 10.5 Å². The van der Waals surface area contributed by atoms with Gasteiger partial charge < -0.3 is 11.5 Å². The minimum atomic E-state index is -3.97. The van der Waals surface area contributed by atoms with Crippen LogP contribution in [0, 0.1) is 0 Å². The molecule has 0 bridgehead atoms. The number of amides is 1. The Hall–Kier alpha value is -2.39. The summed E-state index contributed by atoms with van der Waals surface area (Å²) < 4.78 is 26.6. The van der Waals surface area contributed by atoms with E-state index in [4.69, 9.17) is 23.1 Å². The van der Waals surface area contributed by atoms with Gasteiger partial charge in [0.1, 0.15) is 4.90 Å². The number of carbonyl (C=O) groups is 1. The van der Waals surface area contributed by atoms with Crippen LogP contribution in [0.2, 0.25) is 5.15 Å². The normalized spacial score (nSPS) is 11.1. The number of sulfonamides is 1. The predicted octanol–water partition coefficient (Wildman–Crippen LogP) is 0.612. The van der Waals surface area contributed by atoms with Gasteiger partial charge in [-0.1, -0.05) is 11.6 Å². The van der Waals surface area contributed by atoms with Crippen LogP contribution < -0.4 is 16.2 Å². The van der Waals surface area contributed by atoms with Crippen molar-refractivity contribution in [1.29, 1.82) is 0 Å². The van der Waals surface area contributed by atoms with E-state index in [0.717, 1.165) is 0 Å². The smallest absolute Gasteiger partial charge is 0.265 e. The number of hydrogen-bond donors (Lipinski definition) is 3. The highest BCUT2D eigenvalue weighted by atomic mass is 35.5. The fourth-order valence-electron chi connectivity index (χ4n) is 1.51. The first-order valence-electron chi connectivity index (χ1n) is 5.51. The summed E-state index contributed by atoms with van der Waals surface area (Å²) >= 11 is 5.56. The summed E-state index contributed by atoms with van der Waals surface area (Å²) in [5.41, 5.74) is 10.7. The quantitative estimate of drug-likeness (QED) is 0.702. The highest BCUT2D eigenvalue weighted by Gasteiger charge is 2.19. The van der Waals surface area contributed by atoms with E-state index >= 15 is 0 Å². The van der Waals surface area contributed by atoms with Crippen molar-refractivity contribution in [1.82, 2.24) is 10.2 Å². The van der Waals surface area contributed by atoms with Crippen molar-refractivity contribution in [3.63, 3.8) is 0 Å². The monoisotopic (exact) mass is 327 g/mol. The third kappa shape index (κ3) is 3.38. The molecule has 2 aromatic rings. The second-order valence-corrected chi connectivity index (χ2v) is 6.00. The van der Waals surface area contributed by atoms with Gasteiger partial charge in [-0.05, 0) is 30.3 Å². The van der Waals surface area contributed by atoms with Crippen LogP contribution in [0.1, 0.15) is 10.4 Å².